The van der Waals surface area contributed by atoms with Crippen molar-refractivity contribution in [3.63, 3.8) is 0 Å². The summed E-state index contributed by atoms with van der Waals surface area (Å²) in [5.41, 5.74) is -1.37. The minimum Gasteiger partial charge on any atom is -0.468 e. The van der Waals surface area contributed by atoms with E-state index < -0.39 is 28.8 Å². The molecule has 4 rings (SSSR count). The summed E-state index contributed by atoms with van der Waals surface area (Å²) >= 11 is 0. The number of fused-ring (bicyclic) bond motifs is 2. The van der Waals surface area contributed by atoms with Crippen LogP contribution in [0.1, 0.15) is 17.5 Å². The fourth-order valence-electron chi connectivity index (χ4n) is 4.81. The summed E-state index contributed by atoms with van der Waals surface area (Å²) in [7, 11) is 4.01. The Morgan fingerprint density at radius 2 is 1.68 bits per heavy atom. The smallest absolute Gasteiger partial charge is 0.326 e. The number of carbonyl (C=O) groups is 3. The Bertz CT molecular complexity index is 1040. The van der Waals surface area contributed by atoms with Gasteiger partial charge in [0.15, 0.2) is 5.54 Å². The molecule has 31 heavy (non-hydrogen) atoms. The van der Waals surface area contributed by atoms with Gasteiger partial charge in [-0.1, -0.05) is 35.9 Å². The summed E-state index contributed by atoms with van der Waals surface area (Å²) in [4.78, 5) is 48.4. The number of ether oxygens (including phenoxy) is 2. The molecular formula is C23H24N2O6. The molecule has 1 spiro atoms. The van der Waals surface area contributed by atoms with Gasteiger partial charge in [0, 0.05) is 24.7 Å². The number of hydrogen-bond acceptors (Lipinski definition) is 7. The summed E-state index contributed by atoms with van der Waals surface area (Å²) < 4.78 is 10.2. The molecule has 8 nitrogen and oxygen atoms in total. The lowest BCUT2D eigenvalue weighted by molar-refractivity contribution is -0.191. The van der Waals surface area contributed by atoms with Crippen molar-refractivity contribution >= 4 is 29.2 Å². The van der Waals surface area contributed by atoms with Crippen molar-refractivity contribution in [1.82, 2.24) is 0 Å². The van der Waals surface area contributed by atoms with Gasteiger partial charge in [0.25, 0.3) is 5.91 Å². The highest BCUT2D eigenvalue weighted by Crippen LogP contribution is 2.59. The van der Waals surface area contributed by atoms with E-state index in [1.807, 2.05) is 25.1 Å². The summed E-state index contributed by atoms with van der Waals surface area (Å²) in [6, 6.07) is 14.4. The van der Waals surface area contributed by atoms with Crippen molar-refractivity contribution in [2.75, 3.05) is 37.8 Å². The van der Waals surface area contributed by atoms with Crippen molar-refractivity contribution in [3.8, 4) is 0 Å². The Balaban J connectivity index is 2.16. The van der Waals surface area contributed by atoms with E-state index in [1.165, 1.54) is 24.2 Å². The maximum Gasteiger partial charge on any atom is 0.326 e. The van der Waals surface area contributed by atoms with Crippen molar-refractivity contribution < 1.29 is 28.7 Å². The lowest BCUT2D eigenvalue weighted by Gasteiger charge is -2.52. The van der Waals surface area contributed by atoms with Crippen molar-refractivity contribution in [1.29, 1.82) is 0 Å². The number of hydrogen-bond donors (Lipinski definition) is 0. The molecule has 8 heteroatoms. The zero-order chi connectivity index (χ0) is 22.4. The van der Waals surface area contributed by atoms with Gasteiger partial charge in [0.05, 0.1) is 26.5 Å². The molecule has 0 radical (unpaired) electrons. The van der Waals surface area contributed by atoms with Crippen LogP contribution in [0.15, 0.2) is 48.5 Å². The Labute approximate surface area is 180 Å². The third kappa shape index (κ3) is 2.54. The summed E-state index contributed by atoms with van der Waals surface area (Å²) in [6.45, 7) is 1.89. The Morgan fingerprint density at radius 1 is 1.03 bits per heavy atom. The van der Waals surface area contributed by atoms with Crippen LogP contribution in [0.2, 0.25) is 0 Å². The van der Waals surface area contributed by atoms with E-state index in [1.54, 1.807) is 37.4 Å². The fraction of sp³-hybridized carbons (Fsp3) is 0.348. The molecular weight excluding hydrogens is 400 g/mol. The highest BCUT2D eigenvalue weighted by molar-refractivity contribution is 6.18. The number of likely N-dealkylation sites (N-methyl/N-ethyl adjacent to an activating group) is 1. The lowest BCUT2D eigenvalue weighted by atomic mass is 9.62. The van der Waals surface area contributed by atoms with Gasteiger partial charge in [-0.05, 0) is 25.1 Å². The first-order valence-electron chi connectivity index (χ1n) is 9.90. The van der Waals surface area contributed by atoms with Crippen LogP contribution >= 0.6 is 0 Å². The van der Waals surface area contributed by atoms with Gasteiger partial charge in [0.2, 0.25) is 5.41 Å². The van der Waals surface area contributed by atoms with Crippen LogP contribution < -0.4 is 9.96 Å². The van der Waals surface area contributed by atoms with E-state index in [0.717, 1.165) is 5.56 Å². The number of amides is 1. The molecule has 2 heterocycles. The third-order valence-corrected chi connectivity index (χ3v) is 6.20. The van der Waals surface area contributed by atoms with Crippen molar-refractivity contribution in [2.45, 2.75) is 18.9 Å². The van der Waals surface area contributed by atoms with Crippen LogP contribution in [0.3, 0.4) is 0 Å². The van der Waals surface area contributed by atoms with Crippen LogP contribution in [-0.2, 0) is 34.2 Å². The zero-order valence-corrected chi connectivity index (χ0v) is 17.9. The van der Waals surface area contributed by atoms with Crippen molar-refractivity contribution in [3.05, 3.63) is 59.7 Å². The van der Waals surface area contributed by atoms with E-state index in [2.05, 4.69) is 0 Å². The predicted molar refractivity (Wildman–Crippen MR) is 112 cm³/mol. The number of hydroxylamine groups is 1. The summed E-state index contributed by atoms with van der Waals surface area (Å²) in [5.74, 6) is -2.17. The van der Waals surface area contributed by atoms with Gasteiger partial charge in [-0.2, -0.15) is 0 Å². The number of esters is 2. The molecule has 0 aliphatic carbocycles. The van der Waals surface area contributed by atoms with E-state index in [4.69, 9.17) is 14.3 Å². The molecule has 1 amide bonds. The minimum absolute atomic E-state index is 0.0129. The van der Waals surface area contributed by atoms with Crippen LogP contribution in [-0.4, -0.2) is 45.7 Å². The molecule has 162 valence electrons. The fourth-order valence-corrected chi connectivity index (χ4v) is 4.81. The van der Waals surface area contributed by atoms with Crippen molar-refractivity contribution in [2.24, 2.45) is 5.41 Å². The summed E-state index contributed by atoms with van der Waals surface area (Å²) in [5, 5.41) is 1.38. The van der Waals surface area contributed by atoms with Crippen LogP contribution in [0.25, 0.3) is 0 Å². The second kappa shape index (κ2) is 7.39. The standard InChI is InChI=1S/C23H24N2O6/c1-15-10-11-18-17(14-15)23(19(26)24(18)2)22(20(27)29-3,21(28)30-4)12-13-31-25(23)16-8-6-5-7-9-16/h5-11,14H,12-13H2,1-4H3. The van der Waals surface area contributed by atoms with Crippen LogP contribution in [0.4, 0.5) is 11.4 Å². The molecule has 1 atom stereocenters. The first-order chi connectivity index (χ1) is 14.9. The Hall–Kier alpha value is -3.39. The van der Waals surface area contributed by atoms with Gasteiger partial charge in [-0.3, -0.25) is 19.2 Å². The normalized spacial score (nSPS) is 21.7. The van der Waals surface area contributed by atoms with Gasteiger partial charge < -0.3 is 14.4 Å². The highest BCUT2D eigenvalue weighted by Gasteiger charge is 2.76. The first kappa shape index (κ1) is 20.9. The Kier molecular flexibility index (Phi) is 4.97. The largest absolute Gasteiger partial charge is 0.468 e. The van der Waals surface area contributed by atoms with E-state index in [-0.39, 0.29) is 13.0 Å². The average molecular weight is 424 g/mol. The monoisotopic (exact) mass is 424 g/mol. The number of nitrogens with zero attached hydrogens (tertiary/aromatic N) is 2. The van der Waals surface area contributed by atoms with Crippen LogP contribution in [0.5, 0.6) is 0 Å². The second-order valence-electron chi connectivity index (χ2n) is 7.70. The van der Waals surface area contributed by atoms with Gasteiger partial charge in [0.1, 0.15) is 0 Å². The number of methoxy groups -OCH3 is 2. The summed E-state index contributed by atoms with van der Waals surface area (Å²) in [6.07, 6.45) is -0.0807. The molecule has 1 fully saturated rings. The average Bonchev–Trinajstić information content (AvgIpc) is 3.01. The number of aryl methyl sites for hydroxylation is 1. The minimum atomic E-state index is -1.98. The zero-order valence-electron chi connectivity index (χ0n) is 17.9. The van der Waals surface area contributed by atoms with E-state index >= 15 is 0 Å². The van der Waals surface area contributed by atoms with Gasteiger partial charge in [-0.25, -0.2) is 5.06 Å². The molecule has 0 bridgehead atoms. The number of anilines is 2. The van der Waals surface area contributed by atoms with Gasteiger partial charge >= 0.3 is 11.9 Å². The number of benzene rings is 2. The predicted octanol–water partition coefficient (Wildman–Crippen LogP) is 2.34. The SMILES string of the molecule is COC(=O)C1(C(=O)OC)CCON(c2ccccc2)C12C(=O)N(C)c1ccc(C)cc12. The molecule has 1 unspecified atom stereocenters. The van der Waals surface area contributed by atoms with E-state index in [9.17, 15) is 14.4 Å². The maximum atomic E-state index is 14.1. The second-order valence-corrected chi connectivity index (χ2v) is 7.70. The lowest BCUT2D eigenvalue weighted by Crippen LogP contribution is -2.71. The van der Waals surface area contributed by atoms with E-state index in [0.29, 0.717) is 16.9 Å². The third-order valence-electron chi connectivity index (χ3n) is 6.20. The highest BCUT2D eigenvalue weighted by atomic mass is 16.7. The number of rotatable bonds is 3. The quantitative estimate of drug-likeness (QED) is 0.552. The molecule has 0 N–H and O–H groups in total. The molecule has 2 aliphatic rings. The molecule has 1 saturated heterocycles. The van der Waals surface area contributed by atoms with Crippen LogP contribution in [0, 0.1) is 12.3 Å². The first-order valence-corrected chi connectivity index (χ1v) is 9.90. The number of para-hydroxylation sites is 1. The molecule has 0 aromatic heterocycles. The molecule has 0 saturated carbocycles. The Morgan fingerprint density at radius 3 is 2.29 bits per heavy atom. The number of carbonyl (C=O) groups excluding carboxylic acids is 3. The topological polar surface area (TPSA) is 85.4 Å². The maximum absolute atomic E-state index is 14.1. The molecule has 2 aromatic rings. The molecule has 2 aromatic carbocycles. The molecule has 2 aliphatic heterocycles. The van der Waals surface area contributed by atoms with Gasteiger partial charge in [-0.15, -0.1) is 0 Å².